The largest absolute Gasteiger partial charge is 0.504 e. The zero-order valence-corrected chi connectivity index (χ0v) is 20.3. The first-order chi connectivity index (χ1) is 16.7. The van der Waals surface area contributed by atoms with E-state index in [-0.39, 0.29) is 51.5 Å². The summed E-state index contributed by atoms with van der Waals surface area (Å²) in [4.78, 5) is 65.2. The van der Waals surface area contributed by atoms with Gasteiger partial charge in [-0.3, -0.25) is 19.2 Å². The van der Waals surface area contributed by atoms with Gasteiger partial charge in [0.05, 0.1) is 30.5 Å². The Morgan fingerprint density at radius 3 is 2.51 bits per heavy atom. The number of nitrogens with zero attached hydrogens (tertiary/aromatic N) is 1. The number of rotatable bonds is 2. The summed E-state index contributed by atoms with van der Waals surface area (Å²) in [5.74, 6) is -4.88. The van der Waals surface area contributed by atoms with Gasteiger partial charge >= 0.3 is 6.09 Å². The van der Waals surface area contributed by atoms with E-state index in [4.69, 9.17) is 4.74 Å². The lowest BCUT2D eigenvalue weighted by molar-refractivity contribution is -0.137. The highest BCUT2D eigenvalue weighted by Crippen LogP contribution is 2.55. The van der Waals surface area contributed by atoms with E-state index in [0.29, 0.717) is 16.0 Å². The zero-order chi connectivity index (χ0) is 25.2. The first-order valence-corrected chi connectivity index (χ1v) is 11.7. The van der Waals surface area contributed by atoms with Crippen molar-refractivity contribution in [1.82, 2.24) is 4.90 Å². The second kappa shape index (κ2) is 8.30. The van der Waals surface area contributed by atoms with Crippen LogP contribution in [0.2, 0.25) is 0 Å². The lowest BCUT2D eigenvalue weighted by Crippen LogP contribution is -2.40. The van der Waals surface area contributed by atoms with Crippen molar-refractivity contribution >= 4 is 45.4 Å². The first kappa shape index (κ1) is 23.2. The summed E-state index contributed by atoms with van der Waals surface area (Å²) in [5, 5.41) is 10.4. The summed E-state index contributed by atoms with van der Waals surface area (Å²) in [6.45, 7) is 0. The number of phenolic OH excluding ortho intramolecular Hbond substituents is 1. The Balaban J connectivity index is 1.68. The third kappa shape index (κ3) is 3.30. The van der Waals surface area contributed by atoms with Crippen LogP contribution in [-0.4, -0.2) is 53.7 Å². The molecule has 180 valence electrons. The Hall–Kier alpha value is -3.53. The number of hydrogen-bond acceptors (Lipinski definition) is 8. The minimum atomic E-state index is -1.04. The summed E-state index contributed by atoms with van der Waals surface area (Å²) >= 11 is 3.16. The number of methoxy groups -OCH3 is 2. The molecule has 3 amide bonds. The van der Waals surface area contributed by atoms with Crippen molar-refractivity contribution in [3.8, 4) is 11.5 Å². The van der Waals surface area contributed by atoms with E-state index in [1.807, 2.05) is 6.08 Å². The number of hydrogen-bond donors (Lipinski definition) is 1. The average molecular weight is 542 g/mol. The number of phenols is 1. The fourth-order valence-electron chi connectivity index (χ4n) is 5.74. The van der Waals surface area contributed by atoms with Crippen LogP contribution in [-0.2, 0) is 23.9 Å². The van der Waals surface area contributed by atoms with Gasteiger partial charge < -0.3 is 14.6 Å². The zero-order valence-electron chi connectivity index (χ0n) is 18.7. The predicted molar refractivity (Wildman–Crippen MR) is 123 cm³/mol. The Bertz CT molecular complexity index is 1320. The Kier molecular flexibility index (Phi) is 5.51. The van der Waals surface area contributed by atoms with Crippen molar-refractivity contribution in [3.05, 3.63) is 57.1 Å². The molecule has 35 heavy (non-hydrogen) atoms. The van der Waals surface area contributed by atoms with Gasteiger partial charge in [-0.1, -0.05) is 17.7 Å². The molecule has 0 spiro atoms. The van der Waals surface area contributed by atoms with E-state index in [0.717, 1.165) is 7.11 Å². The molecule has 1 aliphatic heterocycles. The molecule has 0 saturated carbocycles. The van der Waals surface area contributed by atoms with Gasteiger partial charge in [0.2, 0.25) is 11.8 Å². The average Bonchev–Trinajstić information content (AvgIpc) is 3.10. The van der Waals surface area contributed by atoms with Crippen LogP contribution in [0.3, 0.4) is 0 Å². The molecule has 10 heteroatoms. The minimum Gasteiger partial charge on any atom is -0.504 e. The second-order valence-corrected chi connectivity index (χ2v) is 9.66. The number of likely N-dealkylation sites (tertiary alicyclic amines) is 1. The van der Waals surface area contributed by atoms with Crippen LogP contribution in [0, 0.1) is 17.8 Å². The maximum absolute atomic E-state index is 13.3. The van der Waals surface area contributed by atoms with Crippen LogP contribution in [0.25, 0.3) is 0 Å². The molecular formula is C25H20BrNO8. The number of amides is 3. The van der Waals surface area contributed by atoms with Crippen molar-refractivity contribution in [1.29, 1.82) is 0 Å². The third-order valence-electron chi connectivity index (χ3n) is 7.22. The molecule has 1 aromatic rings. The van der Waals surface area contributed by atoms with Crippen LogP contribution in [0.4, 0.5) is 4.79 Å². The van der Waals surface area contributed by atoms with Crippen LogP contribution in [0.15, 0.2) is 51.6 Å². The van der Waals surface area contributed by atoms with Crippen molar-refractivity contribution in [3.63, 3.8) is 0 Å². The number of aromatic hydroxyl groups is 1. The van der Waals surface area contributed by atoms with Gasteiger partial charge in [0.15, 0.2) is 23.1 Å². The summed E-state index contributed by atoms with van der Waals surface area (Å²) in [6.07, 6.45) is 2.27. The van der Waals surface area contributed by atoms with Crippen molar-refractivity contribution in [2.24, 2.45) is 17.8 Å². The fraction of sp³-hybridized carbons (Fsp3) is 0.320. The number of allylic oxidation sites excluding steroid dienone is 6. The number of imide groups is 3. The van der Waals surface area contributed by atoms with Crippen LogP contribution in [0.5, 0.6) is 11.5 Å². The predicted octanol–water partition coefficient (Wildman–Crippen LogP) is 2.93. The molecule has 3 aliphatic carbocycles. The lowest BCUT2D eigenvalue weighted by atomic mass is 9.59. The number of carbonyl (C=O) groups is 5. The van der Waals surface area contributed by atoms with Crippen LogP contribution in [0.1, 0.15) is 24.3 Å². The smallest absolute Gasteiger partial charge is 0.423 e. The standard InChI is InChI=1S/C25H20BrNO8/c1-34-18-6-3-10(7-16(18)28)19-11-4-5-12-20(24(32)27(23(12)31)25(33)35-2)13(11)8-14-21(19)17(29)9-15(26)22(14)30/h3-4,6-7,9,12-13,19-20,28H,5,8H2,1-2H3. The highest BCUT2D eigenvalue weighted by atomic mass is 79.9. The van der Waals surface area contributed by atoms with E-state index in [1.165, 1.54) is 19.3 Å². The van der Waals surface area contributed by atoms with E-state index >= 15 is 0 Å². The first-order valence-electron chi connectivity index (χ1n) is 10.9. The Morgan fingerprint density at radius 1 is 1.11 bits per heavy atom. The number of Topliss-reactive ketones (excluding diaryl/α,β-unsaturated/α-hetero) is 1. The molecule has 4 unspecified atom stereocenters. The molecule has 1 N–H and O–H groups in total. The van der Waals surface area contributed by atoms with Gasteiger partial charge in [0.25, 0.3) is 0 Å². The molecule has 5 rings (SSSR count). The topological polar surface area (TPSA) is 127 Å². The SMILES string of the molecule is COC(=O)N1C(=O)C2CC=C3C(c4ccc(OC)c(O)c4)C4=C(CC3C2C1=O)C(=O)C(Br)=CC4=O. The molecule has 1 saturated heterocycles. The van der Waals surface area contributed by atoms with Gasteiger partial charge in [-0.05, 0) is 52.4 Å². The number of halogens is 1. The quantitative estimate of drug-likeness (QED) is 0.344. The van der Waals surface area contributed by atoms with Gasteiger partial charge in [0, 0.05) is 23.1 Å². The third-order valence-corrected chi connectivity index (χ3v) is 7.81. The van der Waals surface area contributed by atoms with E-state index in [9.17, 15) is 29.1 Å². The van der Waals surface area contributed by atoms with Crippen molar-refractivity contribution in [2.45, 2.75) is 18.8 Å². The molecular weight excluding hydrogens is 522 g/mol. The molecule has 4 atom stereocenters. The normalized spacial score (nSPS) is 27.7. The van der Waals surface area contributed by atoms with E-state index in [2.05, 4.69) is 20.7 Å². The van der Waals surface area contributed by atoms with Crippen molar-refractivity contribution < 1.29 is 38.6 Å². The Labute approximate surface area is 208 Å². The summed E-state index contributed by atoms with van der Waals surface area (Å²) in [7, 11) is 2.51. The number of carbonyl (C=O) groups excluding carboxylic acids is 5. The van der Waals surface area contributed by atoms with E-state index in [1.54, 1.807) is 12.1 Å². The van der Waals surface area contributed by atoms with Gasteiger partial charge in [-0.25, -0.2) is 4.79 Å². The second-order valence-electron chi connectivity index (χ2n) is 8.81. The van der Waals surface area contributed by atoms with E-state index < -0.39 is 41.6 Å². The lowest BCUT2D eigenvalue weighted by Gasteiger charge is -2.42. The number of ketones is 2. The van der Waals surface area contributed by atoms with Gasteiger partial charge in [-0.2, -0.15) is 4.90 Å². The Morgan fingerprint density at radius 2 is 1.86 bits per heavy atom. The van der Waals surface area contributed by atoms with Crippen molar-refractivity contribution in [2.75, 3.05) is 14.2 Å². The number of ether oxygens (including phenoxy) is 2. The molecule has 0 radical (unpaired) electrons. The highest BCUT2D eigenvalue weighted by Gasteiger charge is 2.58. The molecule has 1 aromatic carbocycles. The number of fused-ring (bicyclic) bond motifs is 3. The summed E-state index contributed by atoms with van der Waals surface area (Å²) < 4.78 is 9.89. The summed E-state index contributed by atoms with van der Waals surface area (Å²) in [5.41, 5.74) is 1.78. The molecule has 4 aliphatic rings. The van der Waals surface area contributed by atoms with Crippen LogP contribution >= 0.6 is 15.9 Å². The van der Waals surface area contributed by atoms with Gasteiger partial charge in [0.1, 0.15) is 0 Å². The maximum Gasteiger partial charge on any atom is 0.423 e. The van der Waals surface area contributed by atoms with Crippen LogP contribution < -0.4 is 4.74 Å². The number of benzene rings is 1. The summed E-state index contributed by atoms with van der Waals surface area (Å²) in [6, 6.07) is 4.72. The molecule has 9 nitrogen and oxygen atoms in total. The molecule has 0 bridgehead atoms. The molecule has 1 heterocycles. The molecule has 0 aromatic heterocycles. The van der Waals surface area contributed by atoms with Gasteiger partial charge in [-0.15, -0.1) is 0 Å². The monoisotopic (exact) mass is 541 g/mol. The highest BCUT2D eigenvalue weighted by molar-refractivity contribution is 9.12. The molecule has 1 fully saturated rings. The minimum absolute atomic E-state index is 0.0719. The fourth-order valence-corrected chi connectivity index (χ4v) is 6.19. The maximum atomic E-state index is 13.3.